The fraction of sp³-hybridized carbons (Fsp3) is 0.516. The number of alkyl halides is 3. The molecule has 4 heterocycles. The van der Waals surface area contributed by atoms with E-state index in [4.69, 9.17) is 4.74 Å². The first-order valence-corrected chi connectivity index (χ1v) is 14.5. The van der Waals surface area contributed by atoms with Crippen LogP contribution < -0.4 is 4.90 Å². The van der Waals surface area contributed by atoms with E-state index < -0.39 is 17.6 Å². The third-order valence-corrected chi connectivity index (χ3v) is 8.94. The van der Waals surface area contributed by atoms with Crippen molar-refractivity contribution in [2.75, 3.05) is 44.8 Å². The Labute approximate surface area is 244 Å². The van der Waals surface area contributed by atoms with E-state index in [1.807, 2.05) is 25.1 Å². The van der Waals surface area contributed by atoms with Gasteiger partial charge in [0.05, 0.1) is 37.3 Å². The minimum Gasteiger partial charge on any atom is -0.379 e. The minimum atomic E-state index is -4.57. The van der Waals surface area contributed by atoms with E-state index >= 15 is 0 Å². The first-order valence-electron chi connectivity index (χ1n) is 14.5. The smallest absolute Gasteiger partial charge is 0.379 e. The predicted molar refractivity (Wildman–Crippen MR) is 152 cm³/mol. The van der Waals surface area contributed by atoms with Crippen LogP contribution in [0.15, 0.2) is 42.7 Å². The van der Waals surface area contributed by atoms with Gasteiger partial charge in [-0.3, -0.25) is 14.4 Å². The van der Waals surface area contributed by atoms with E-state index in [1.165, 1.54) is 11.0 Å². The normalized spacial score (nSPS) is 21.2. The molecule has 0 bridgehead atoms. The molecule has 2 fully saturated rings. The molecule has 0 unspecified atom stereocenters. The number of carbonyl (C=O) groups is 1. The number of likely N-dealkylation sites (N-methyl/N-ethyl adjacent to an activating group) is 1. The van der Waals surface area contributed by atoms with Crippen LogP contribution in [-0.4, -0.2) is 76.4 Å². The van der Waals surface area contributed by atoms with Crippen LogP contribution in [0.2, 0.25) is 0 Å². The van der Waals surface area contributed by atoms with Gasteiger partial charge in [0, 0.05) is 43.5 Å². The number of fused-ring (bicyclic) bond motifs is 1. The number of ether oxygens (including phenoxy) is 1. The molecule has 0 saturated carbocycles. The average Bonchev–Trinajstić information content (AvgIpc) is 3.48. The molecule has 3 aromatic rings. The molecule has 6 rings (SSSR count). The fourth-order valence-corrected chi connectivity index (χ4v) is 6.55. The van der Waals surface area contributed by atoms with E-state index in [-0.39, 0.29) is 29.1 Å². The Hall–Kier alpha value is -3.28. The van der Waals surface area contributed by atoms with Gasteiger partial charge in [0.1, 0.15) is 12.2 Å². The zero-order valence-corrected chi connectivity index (χ0v) is 24.5. The summed E-state index contributed by atoms with van der Waals surface area (Å²) < 4.78 is 50.6. The summed E-state index contributed by atoms with van der Waals surface area (Å²) in [5.74, 6) is 0.623. The summed E-state index contributed by atoms with van der Waals surface area (Å²) >= 11 is 0. The number of aryl methyl sites for hydroxylation is 1. The van der Waals surface area contributed by atoms with Gasteiger partial charge in [0.15, 0.2) is 0 Å². The number of nitrogens with zero attached hydrogens (tertiary/aromatic N) is 6. The fourth-order valence-electron chi connectivity index (χ4n) is 6.55. The second-order valence-electron chi connectivity index (χ2n) is 12.4. The third kappa shape index (κ3) is 5.33. The molecule has 3 aliphatic heterocycles. The lowest BCUT2D eigenvalue weighted by Gasteiger charge is -2.42. The molecular weight excluding hydrogens is 545 g/mol. The summed E-state index contributed by atoms with van der Waals surface area (Å²) in [6, 6.07) is 10.7. The molecule has 2 saturated heterocycles. The van der Waals surface area contributed by atoms with Crippen LogP contribution in [0.25, 0.3) is 0 Å². The largest absolute Gasteiger partial charge is 0.416 e. The highest BCUT2D eigenvalue weighted by Crippen LogP contribution is 2.41. The van der Waals surface area contributed by atoms with Gasteiger partial charge >= 0.3 is 6.18 Å². The summed E-state index contributed by atoms with van der Waals surface area (Å²) in [5.41, 5.74) is 1.15. The van der Waals surface area contributed by atoms with Crippen molar-refractivity contribution in [2.24, 2.45) is 5.92 Å². The lowest BCUT2D eigenvalue weighted by Crippen LogP contribution is -2.53. The second kappa shape index (κ2) is 10.8. The molecule has 8 nitrogen and oxygen atoms in total. The number of hydrogen-bond acceptors (Lipinski definition) is 6. The summed E-state index contributed by atoms with van der Waals surface area (Å²) in [6.07, 6.45) is -2.89. The maximum atomic E-state index is 14.4. The van der Waals surface area contributed by atoms with Crippen LogP contribution in [0.1, 0.15) is 52.3 Å². The van der Waals surface area contributed by atoms with Crippen LogP contribution in [0, 0.1) is 12.8 Å². The number of benzene rings is 2. The number of halogens is 3. The standard InChI is InChI=1S/C31H37F3N6O2/c1-20(2)28-15-37(4)8-9-38(28)13-22-10-25-26(27(11-22)31(32,33)34)14-40(29(25)41)24-7-5-6-23(12-24)30(17-42-18-30)16-39-19-35-21(3)36-39/h5-7,10-12,19-20,28H,8-9,13-18H2,1-4H3/t28-/m0/s1. The van der Waals surface area contributed by atoms with Crippen LogP contribution in [0.3, 0.4) is 0 Å². The van der Waals surface area contributed by atoms with Crippen molar-refractivity contribution in [3.63, 3.8) is 0 Å². The maximum absolute atomic E-state index is 14.4. The molecule has 0 spiro atoms. The van der Waals surface area contributed by atoms with E-state index in [0.29, 0.717) is 49.3 Å². The SMILES string of the molecule is Cc1ncn(CC2(c3cccc(N4Cc5c(cc(CN6CCN(C)C[C@H]6C(C)C)cc5C(F)(F)F)C4=O)c3)COC2)n1. The molecule has 0 aliphatic carbocycles. The Kier molecular flexibility index (Phi) is 7.39. The Morgan fingerprint density at radius 1 is 1.14 bits per heavy atom. The van der Waals surface area contributed by atoms with Gasteiger partial charge in [-0.25, -0.2) is 4.98 Å². The number of piperazine rings is 1. The molecule has 3 aliphatic rings. The third-order valence-electron chi connectivity index (χ3n) is 8.94. The van der Waals surface area contributed by atoms with Crippen LogP contribution in [-0.2, 0) is 36.0 Å². The molecule has 1 amide bonds. The van der Waals surface area contributed by atoms with Crippen LogP contribution >= 0.6 is 0 Å². The van der Waals surface area contributed by atoms with Gasteiger partial charge in [-0.15, -0.1) is 0 Å². The number of hydrogen-bond donors (Lipinski definition) is 0. The van der Waals surface area contributed by atoms with Gasteiger partial charge < -0.3 is 14.5 Å². The van der Waals surface area contributed by atoms with Gasteiger partial charge in [-0.1, -0.05) is 26.0 Å². The molecule has 0 radical (unpaired) electrons. The van der Waals surface area contributed by atoms with Gasteiger partial charge in [-0.05, 0) is 60.8 Å². The van der Waals surface area contributed by atoms with E-state index in [0.717, 1.165) is 25.2 Å². The molecule has 42 heavy (non-hydrogen) atoms. The van der Waals surface area contributed by atoms with Crippen molar-refractivity contribution in [3.8, 4) is 0 Å². The quantitative estimate of drug-likeness (QED) is 0.409. The van der Waals surface area contributed by atoms with Crippen molar-refractivity contribution in [1.82, 2.24) is 24.6 Å². The van der Waals surface area contributed by atoms with Crippen molar-refractivity contribution in [2.45, 2.75) is 58.0 Å². The van der Waals surface area contributed by atoms with E-state index in [9.17, 15) is 18.0 Å². The Morgan fingerprint density at radius 3 is 2.57 bits per heavy atom. The van der Waals surface area contributed by atoms with Gasteiger partial charge in [0.25, 0.3) is 5.91 Å². The number of carbonyl (C=O) groups excluding carboxylic acids is 1. The van der Waals surface area contributed by atoms with Gasteiger partial charge in [-0.2, -0.15) is 18.3 Å². The summed E-state index contributed by atoms with van der Waals surface area (Å²) in [4.78, 5) is 24.0. The first kappa shape index (κ1) is 28.8. The number of amides is 1. The molecular formula is C31H37F3N6O2. The molecule has 224 valence electrons. The molecule has 2 aromatic carbocycles. The summed E-state index contributed by atoms with van der Waals surface area (Å²) in [6.45, 7) is 10.4. The van der Waals surface area contributed by atoms with Crippen molar-refractivity contribution in [3.05, 3.63) is 76.4 Å². The number of anilines is 1. The van der Waals surface area contributed by atoms with Crippen molar-refractivity contribution in [1.29, 1.82) is 0 Å². The highest BCUT2D eigenvalue weighted by Gasteiger charge is 2.43. The summed E-state index contributed by atoms with van der Waals surface area (Å²) in [7, 11) is 2.07. The lowest BCUT2D eigenvalue weighted by atomic mass is 9.78. The van der Waals surface area contributed by atoms with E-state index in [1.54, 1.807) is 23.1 Å². The van der Waals surface area contributed by atoms with Crippen LogP contribution in [0.4, 0.5) is 18.9 Å². The monoisotopic (exact) mass is 582 g/mol. The highest BCUT2D eigenvalue weighted by atomic mass is 19.4. The van der Waals surface area contributed by atoms with E-state index in [2.05, 4.69) is 40.8 Å². The molecule has 1 atom stereocenters. The Bertz CT molecular complexity index is 1480. The zero-order chi connectivity index (χ0) is 29.8. The number of rotatable bonds is 7. The predicted octanol–water partition coefficient (Wildman–Crippen LogP) is 4.51. The maximum Gasteiger partial charge on any atom is 0.416 e. The van der Waals surface area contributed by atoms with Gasteiger partial charge in [0.2, 0.25) is 0 Å². The first-order chi connectivity index (χ1) is 19.9. The van der Waals surface area contributed by atoms with Crippen molar-refractivity contribution >= 4 is 11.6 Å². The lowest BCUT2D eigenvalue weighted by molar-refractivity contribution is -0.138. The Morgan fingerprint density at radius 2 is 1.93 bits per heavy atom. The second-order valence-corrected chi connectivity index (χ2v) is 12.4. The topological polar surface area (TPSA) is 66.7 Å². The number of aromatic nitrogens is 3. The average molecular weight is 583 g/mol. The highest BCUT2D eigenvalue weighted by molar-refractivity contribution is 6.10. The minimum absolute atomic E-state index is 0.0419. The van der Waals surface area contributed by atoms with Crippen LogP contribution in [0.5, 0.6) is 0 Å². The zero-order valence-electron chi connectivity index (χ0n) is 24.5. The van der Waals surface area contributed by atoms with Crippen molar-refractivity contribution < 1.29 is 22.7 Å². The molecule has 11 heteroatoms. The Balaban J connectivity index is 1.30. The molecule has 0 N–H and O–H groups in total. The summed E-state index contributed by atoms with van der Waals surface area (Å²) in [5, 5.41) is 4.42. The molecule has 1 aromatic heterocycles.